The van der Waals surface area contributed by atoms with Crippen molar-refractivity contribution in [3.63, 3.8) is 0 Å². The van der Waals surface area contributed by atoms with Crippen LogP contribution in [-0.4, -0.2) is 61.7 Å². The molecule has 2 fully saturated rings. The van der Waals surface area contributed by atoms with E-state index in [1.165, 1.54) is 19.4 Å². The number of piperazine rings is 1. The summed E-state index contributed by atoms with van der Waals surface area (Å²) in [5, 5.41) is 16.4. The van der Waals surface area contributed by atoms with Crippen LogP contribution in [0.3, 0.4) is 0 Å². The van der Waals surface area contributed by atoms with Gasteiger partial charge < -0.3 is 19.9 Å². The highest BCUT2D eigenvalue weighted by molar-refractivity contribution is 5.94. The van der Waals surface area contributed by atoms with E-state index < -0.39 is 0 Å². The zero-order chi connectivity index (χ0) is 23.2. The lowest BCUT2D eigenvalue weighted by atomic mass is 10.1. The first-order valence-electron chi connectivity index (χ1n) is 12.2. The number of nitrogens with zero attached hydrogens (tertiary/aromatic N) is 6. The molecule has 3 aromatic heterocycles. The fourth-order valence-electron chi connectivity index (χ4n) is 5.31. The number of benzene rings is 1. The first-order chi connectivity index (χ1) is 16.6. The van der Waals surface area contributed by atoms with Gasteiger partial charge in [-0.2, -0.15) is 4.98 Å². The molecular formula is C26H31N7O. The number of pyridine rings is 1. The van der Waals surface area contributed by atoms with Gasteiger partial charge in [-0.25, -0.2) is 4.98 Å². The summed E-state index contributed by atoms with van der Waals surface area (Å²) in [6.45, 7) is 8.78. The fourth-order valence-corrected chi connectivity index (χ4v) is 5.31. The third kappa shape index (κ3) is 3.72. The van der Waals surface area contributed by atoms with E-state index in [4.69, 9.17) is 9.97 Å². The number of nitrogens with one attached hydrogen (secondary N) is 1. The average Bonchev–Trinajstić information content (AvgIpc) is 3.46. The number of fused-ring (bicyclic) bond motifs is 3. The summed E-state index contributed by atoms with van der Waals surface area (Å²) >= 11 is 0. The molecule has 8 nitrogen and oxygen atoms in total. The van der Waals surface area contributed by atoms with Crippen molar-refractivity contribution in [2.75, 3.05) is 36.4 Å². The van der Waals surface area contributed by atoms with Crippen molar-refractivity contribution in [1.29, 1.82) is 0 Å². The van der Waals surface area contributed by atoms with E-state index in [9.17, 15) is 5.11 Å². The topological polar surface area (TPSA) is 82.3 Å². The minimum atomic E-state index is 0.122. The van der Waals surface area contributed by atoms with Crippen LogP contribution >= 0.6 is 0 Å². The van der Waals surface area contributed by atoms with E-state index in [2.05, 4.69) is 46.1 Å². The molecule has 1 aromatic carbocycles. The van der Waals surface area contributed by atoms with E-state index in [1.807, 2.05) is 35.2 Å². The Kier molecular flexibility index (Phi) is 5.25. The van der Waals surface area contributed by atoms with Crippen LogP contribution in [0.15, 0.2) is 42.7 Å². The molecule has 8 heteroatoms. The number of hydrogen-bond acceptors (Lipinski definition) is 7. The minimum absolute atomic E-state index is 0.122. The van der Waals surface area contributed by atoms with Crippen molar-refractivity contribution in [3.05, 3.63) is 48.3 Å². The van der Waals surface area contributed by atoms with Gasteiger partial charge in [0.2, 0.25) is 11.8 Å². The summed E-state index contributed by atoms with van der Waals surface area (Å²) in [4.78, 5) is 19.3. The van der Waals surface area contributed by atoms with E-state index in [0.29, 0.717) is 24.1 Å². The molecule has 0 amide bonds. The maximum atomic E-state index is 11.0. The number of anilines is 2. The lowest BCUT2D eigenvalue weighted by molar-refractivity contribution is 0.230. The molecule has 1 atom stereocenters. The van der Waals surface area contributed by atoms with Crippen molar-refractivity contribution in [3.8, 4) is 5.88 Å². The number of rotatable bonds is 5. The summed E-state index contributed by atoms with van der Waals surface area (Å²) in [6.07, 6.45) is 6.36. The molecule has 0 spiro atoms. The second-order valence-electron chi connectivity index (χ2n) is 9.76. The quantitative estimate of drug-likeness (QED) is 0.466. The standard InChI is InChI=1S/C26H31N7O/c1-17(2)33-16-21-23(25(33)34)29-26(32-11-10-31-9-5-7-20(31)15-32)30-24(21)28-14-18-12-19-6-3-4-8-22(19)27-13-18/h3-4,6,8,12-13,16-17,20,34H,5,7,9-11,14-15H2,1-2H3,(H,28,29,30)/t20-/m0/s1. The monoisotopic (exact) mass is 457 g/mol. The Morgan fingerprint density at radius 3 is 2.91 bits per heavy atom. The van der Waals surface area contributed by atoms with Gasteiger partial charge in [0.25, 0.3) is 0 Å². The summed E-state index contributed by atoms with van der Waals surface area (Å²) in [5.41, 5.74) is 2.67. The van der Waals surface area contributed by atoms with Gasteiger partial charge in [0.15, 0.2) is 0 Å². The Labute approximate surface area is 199 Å². The Balaban J connectivity index is 1.35. The third-order valence-electron chi connectivity index (χ3n) is 7.19. The Bertz CT molecular complexity index is 1350. The van der Waals surface area contributed by atoms with Crippen molar-refractivity contribution < 1.29 is 5.11 Å². The highest BCUT2D eigenvalue weighted by Gasteiger charge is 2.32. The molecule has 34 heavy (non-hydrogen) atoms. The second-order valence-corrected chi connectivity index (χ2v) is 9.76. The molecular weight excluding hydrogens is 426 g/mol. The molecule has 2 aliphatic heterocycles. The SMILES string of the molecule is CC(C)n1cc2c(NCc3cnc4ccccc4c3)nc(N3CCN4CCC[C@H]4C3)nc2c1O. The molecule has 0 saturated carbocycles. The number of aromatic hydroxyl groups is 1. The summed E-state index contributed by atoms with van der Waals surface area (Å²) in [7, 11) is 0. The molecule has 0 unspecified atom stereocenters. The first kappa shape index (κ1) is 21.2. The molecule has 0 bridgehead atoms. The first-order valence-corrected chi connectivity index (χ1v) is 12.2. The van der Waals surface area contributed by atoms with E-state index in [1.54, 1.807) is 0 Å². The molecule has 2 saturated heterocycles. The lowest BCUT2D eigenvalue weighted by Crippen LogP contribution is -2.50. The molecule has 2 aliphatic rings. The van der Waals surface area contributed by atoms with E-state index in [0.717, 1.165) is 47.3 Å². The maximum absolute atomic E-state index is 11.0. The molecule has 0 radical (unpaired) electrons. The van der Waals surface area contributed by atoms with Crippen molar-refractivity contribution in [2.24, 2.45) is 0 Å². The van der Waals surface area contributed by atoms with Crippen LogP contribution in [0.5, 0.6) is 5.88 Å². The molecule has 5 heterocycles. The van der Waals surface area contributed by atoms with Crippen LogP contribution in [0.1, 0.15) is 38.3 Å². The Morgan fingerprint density at radius 1 is 1.15 bits per heavy atom. The van der Waals surface area contributed by atoms with Crippen LogP contribution in [0, 0.1) is 0 Å². The number of aromatic nitrogens is 4. The van der Waals surface area contributed by atoms with Gasteiger partial charge in [0.05, 0.1) is 10.9 Å². The van der Waals surface area contributed by atoms with Crippen molar-refractivity contribution in [2.45, 2.75) is 45.3 Å². The predicted molar refractivity (Wildman–Crippen MR) is 135 cm³/mol. The third-order valence-corrected chi connectivity index (χ3v) is 7.19. The highest BCUT2D eigenvalue weighted by atomic mass is 16.3. The minimum Gasteiger partial charge on any atom is -0.493 e. The zero-order valence-electron chi connectivity index (χ0n) is 19.8. The fraction of sp³-hybridized carbons (Fsp3) is 0.423. The summed E-state index contributed by atoms with van der Waals surface area (Å²) in [5.74, 6) is 1.63. The van der Waals surface area contributed by atoms with Crippen LogP contribution in [-0.2, 0) is 6.54 Å². The Hall–Kier alpha value is -3.39. The summed E-state index contributed by atoms with van der Waals surface area (Å²) in [6, 6.07) is 11.0. The largest absolute Gasteiger partial charge is 0.493 e. The average molecular weight is 458 g/mol. The van der Waals surface area contributed by atoms with E-state index >= 15 is 0 Å². The van der Waals surface area contributed by atoms with Crippen LogP contribution in [0.4, 0.5) is 11.8 Å². The van der Waals surface area contributed by atoms with Crippen molar-refractivity contribution in [1.82, 2.24) is 24.4 Å². The smallest absolute Gasteiger partial charge is 0.228 e. The van der Waals surface area contributed by atoms with Crippen LogP contribution in [0.25, 0.3) is 21.8 Å². The van der Waals surface area contributed by atoms with Crippen LogP contribution in [0.2, 0.25) is 0 Å². The Morgan fingerprint density at radius 2 is 2.03 bits per heavy atom. The molecule has 6 rings (SSSR count). The van der Waals surface area contributed by atoms with Gasteiger partial charge in [-0.1, -0.05) is 18.2 Å². The van der Waals surface area contributed by atoms with Gasteiger partial charge in [0.1, 0.15) is 11.3 Å². The van der Waals surface area contributed by atoms with Gasteiger partial charge in [0, 0.05) is 56.0 Å². The molecule has 0 aliphatic carbocycles. The van der Waals surface area contributed by atoms with Gasteiger partial charge >= 0.3 is 0 Å². The predicted octanol–water partition coefficient (Wildman–Crippen LogP) is 4.16. The zero-order valence-corrected chi connectivity index (χ0v) is 19.8. The normalized spacial score (nSPS) is 18.8. The maximum Gasteiger partial charge on any atom is 0.228 e. The number of para-hydroxylation sites is 1. The molecule has 2 N–H and O–H groups in total. The van der Waals surface area contributed by atoms with Gasteiger partial charge in [-0.15, -0.1) is 0 Å². The summed E-state index contributed by atoms with van der Waals surface area (Å²) < 4.78 is 1.86. The van der Waals surface area contributed by atoms with E-state index in [-0.39, 0.29) is 11.9 Å². The van der Waals surface area contributed by atoms with Crippen molar-refractivity contribution >= 4 is 33.6 Å². The molecule has 176 valence electrons. The second kappa shape index (κ2) is 8.43. The van der Waals surface area contributed by atoms with Gasteiger partial charge in [-0.3, -0.25) is 9.88 Å². The van der Waals surface area contributed by atoms with Crippen LogP contribution < -0.4 is 10.2 Å². The number of hydrogen-bond donors (Lipinski definition) is 2. The molecule has 4 aromatic rings. The lowest BCUT2D eigenvalue weighted by Gasteiger charge is -2.37. The van der Waals surface area contributed by atoms with Gasteiger partial charge in [-0.05, 0) is 50.9 Å². The highest BCUT2D eigenvalue weighted by Crippen LogP contribution is 2.35.